The van der Waals surface area contributed by atoms with Crippen LogP contribution in [0.1, 0.15) is 24.8 Å². The molecule has 5 nitrogen and oxygen atoms in total. The summed E-state index contributed by atoms with van der Waals surface area (Å²) in [5.41, 5.74) is 1.96. The third-order valence-corrected chi connectivity index (χ3v) is 5.06. The summed E-state index contributed by atoms with van der Waals surface area (Å²) in [6.45, 7) is 1.71. The van der Waals surface area contributed by atoms with E-state index in [0.29, 0.717) is 25.9 Å². The van der Waals surface area contributed by atoms with Crippen molar-refractivity contribution in [3.8, 4) is 0 Å². The summed E-state index contributed by atoms with van der Waals surface area (Å²) in [5.74, 6) is -0.463. The van der Waals surface area contributed by atoms with Crippen molar-refractivity contribution in [3.63, 3.8) is 0 Å². The molecule has 0 aromatic heterocycles. The Kier molecular flexibility index (Phi) is 6.63. The quantitative estimate of drug-likeness (QED) is 0.713. The van der Waals surface area contributed by atoms with E-state index in [9.17, 15) is 14.0 Å². The van der Waals surface area contributed by atoms with Crippen molar-refractivity contribution < 1.29 is 14.0 Å². The van der Waals surface area contributed by atoms with Gasteiger partial charge in [0.15, 0.2) is 0 Å². The zero-order valence-corrected chi connectivity index (χ0v) is 16.1. The molecule has 1 heterocycles. The first-order chi connectivity index (χ1) is 13.5. The topological polar surface area (TPSA) is 52.7 Å². The van der Waals surface area contributed by atoms with Crippen LogP contribution in [-0.4, -0.2) is 42.9 Å². The van der Waals surface area contributed by atoms with Gasteiger partial charge in [-0.1, -0.05) is 30.3 Å². The van der Waals surface area contributed by atoms with Gasteiger partial charge in [0.25, 0.3) is 0 Å². The fourth-order valence-electron chi connectivity index (χ4n) is 3.45. The number of halogens is 1. The van der Waals surface area contributed by atoms with Crippen LogP contribution < -0.4 is 10.2 Å². The first kappa shape index (κ1) is 19.9. The number of hydrogen-bond acceptors (Lipinski definition) is 3. The van der Waals surface area contributed by atoms with E-state index in [4.69, 9.17) is 0 Å². The van der Waals surface area contributed by atoms with Crippen molar-refractivity contribution in [2.45, 2.75) is 31.8 Å². The summed E-state index contributed by atoms with van der Waals surface area (Å²) >= 11 is 0. The van der Waals surface area contributed by atoms with Crippen LogP contribution in [0.4, 0.5) is 10.1 Å². The van der Waals surface area contributed by atoms with Crippen LogP contribution in [0.25, 0.3) is 0 Å². The molecule has 0 spiro atoms. The molecular weight excluding hydrogens is 357 g/mol. The predicted molar refractivity (Wildman–Crippen MR) is 107 cm³/mol. The first-order valence-corrected chi connectivity index (χ1v) is 9.62. The molecule has 0 saturated carbocycles. The second kappa shape index (κ2) is 9.35. The number of carbonyl (C=O) groups excluding carboxylic acids is 2. The zero-order valence-electron chi connectivity index (χ0n) is 16.1. The zero-order chi connectivity index (χ0) is 19.9. The molecule has 1 saturated heterocycles. The molecule has 0 aliphatic carbocycles. The maximum absolute atomic E-state index is 13.1. The molecule has 0 bridgehead atoms. The van der Waals surface area contributed by atoms with E-state index in [1.807, 2.05) is 25.2 Å². The molecule has 1 aliphatic rings. The number of hydrogen-bond donors (Lipinski definition) is 1. The van der Waals surface area contributed by atoms with Gasteiger partial charge in [-0.2, -0.15) is 0 Å². The van der Waals surface area contributed by atoms with Crippen LogP contribution in [-0.2, 0) is 16.1 Å². The summed E-state index contributed by atoms with van der Waals surface area (Å²) in [5, 5.41) is 2.96. The maximum Gasteiger partial charge on any atom is 0.242 e. The van der Waals surface area contributed by atoms with Crippen molar-refractivity contribution in [1.29, 1.82) is 0 Å². The third-order valence-electron chi connectivity index (χ3n) is 5.06. The predicted octanol–water partition coefficient (Wildman–Crippen LogP) is 2.96. The lowest BCUT2D eigenvalue weighted by atomic mass is 10.1. The maximum atomic E-state index is 13.1. The lowest BCUT2D eigenvalue weighted by molar-refractivity contribution is -0.135. The van der Waals surface area contributed by atoms with Gasteiger partial charge in [0.05, 0.1) is 0 Å². The number of nitrogens with zero attached hydrogens (tertiary/aromatic N) is 2. The smallest absolute Gasteiger partial charge is 0.242 e. The number of likely N-dealkylation sites (tertiary alicyclic amines) is 1. The van der Waals surface area contributed by atoms with Crippen molar-refractivity contribution in [3.05, 3.63) is 66.0 Å². The minimum atomic E-state index is -0.454. The summed E-state index contributed by atoms with van der Waals surface area (Å²) in [7, 11) is 2.03. The van der Waals surface area contributed by atoms with Crippen LogP contribution >= 0.6 is 0 Å². The molecule has 0 radical (unpaired) electrons. The number of rotatable bonds is 8. The highest BCUT2D eigenvalue weighted by Gasteiger charge is 2.35. The average Bonchev–Trinajstić information content (AvgIpc) is 3.07. The van der Waals surface area contributed by atoms with Gasteiger partial charge in [-0.05, 0) is 42.7 Å². The van der Waals surface area contributed by atoms with E-state index < -0.39 is 6.04 Å². The minimum Gasteiger partial charge on any atom is -0.375 e. The number of anilines is 1. The Bertz CT molecular complexity index is 795. The molecule has 6 heteroatoms. The minimum absolute atomic E-state index is 0.0340. The Labute approximate surface area is 165 Å². The number of nitrogens with one attached hydrogen (secondary N) is 1. The van der Waals surface area contributed by atoms with E-state index >= 15 is 0 Å². The second-order valence-electron chi connectivity index (χ2n) is 7.10. The van der Waals surface area contributed by atoms with Gasteiger partial charge in [0.1, 0.15) is 11.9 Å². The molecule has 28 heavy (non-hydrogen) atoms. The number of amides is 2. The molecule has 2 aromatic rings. The van der Waals surface area contributed by atoms with Gasteiger partial charge in [-0.15, -0.1) is 0 Å². The Morgan fingerprint density at radius 3 is 2.61 bits per heavy atom. The second-order valence-corrected chi connectivity index (χ2v) is 7.10. The van der Waals surface area contributed by atoms with E-state index in [1.165, 1.54) is 12.1 Å². The highest BCUT2D eigenvalue weighted by molar-refractivity contribution is 5.90. The monoisotopic (exact) mass is 383 g/mol. The Morgan fingerprint density at radius 1 is 1.18 bits per heavy atom. The largest absolute Gasteiger partial charge is 0.375 e. The SMILES string of the molecule is CN(CCCNC(=O)[C@@H]1CCC(=O)N1Cc1ccc(F)cc1)c1ccccc1. The van der Waals surface area contributed by atoms with Gasteiger partial charge < -0.3 is 15.1 Å². The summed E-state index contributed by atoms with van der Waals surface area (Å²) in [6.07, 6.45) is 1.71. The Hall–Kier alpha value is -2.89. The molecule has 1 N–H and O–H groups in total. The van der Waals surface area contributed by atoms with Crippen LogP contribution in [0.5, 0.6) is 0 Å². The summed E-state index contributed by atoms with van der Waals surface area (Å²) in [6, 6.07) is 15.7. The van der Waals surface area contributed by atoms with Crippen LogP contribution in [0, 0.1) is 5.82 Å². The molecule has 2 aromatic carbocycles. The number of para-hydroxylation sites is 1. The highest BCUT2D eigenvalue weighted by atomic mass is 19.1. The van der Waals surface area contributed by atoms with Crippen molar-refractivity contribution in [2.24, 2.45) is 0 Å². The van der Waals surface area contributed by atoms with Gasteiger partial charge in [-0.3, -0.25) is 9.59 Å². The summed E-state index contributed by atoms with van der Waals surface area (Å²) in [4.78, 5) is 28.5. The Morgan fingerprint density at radius 2 is 1.89 bits per heavy atom. The van der Waals surface area contributed by atoms with Gasteiger partial charge in [0, 0.05) is 38.8 Å². The van der Waals surface area contributed by atoms with Crippen molar-refractivity contribution >= 4 is 17.5 Å². The van der Waals surface area contributed by atoms with Gasteiger partial charge >= 0.3 is 0 Å². The molecular formula is C22H26FN3O2. The normalized spacial score (nSPS) is 16.3. The molecule has 1 aliphatic heterocycles. The molecule has 0 unspecified atom stereocenters. The number of benzene rings is 2. The lowest BCUT2D eigenvalue weighted by Gasteiger charge is -2.24. The molecule has 3 rings (SSSR count). The Balaban J connectivity index is 1.47. The lowest BCUT2D eigenvalue weighted by Crippen LogP contribution is -2.44. The molecule has 2 amide bonds. The van der Waals surface area contributed by atoms with Crippen LogP contribution in [0.2, 0.25) is 0 Å². The van der Waals surface area contributed by atoms with E-state index in [1.54, 1.807) is 17.0 Å². The molecule has 1 atom stereocenters. The summed E-state index contributed by atoms with van der Waals surface area (Å²) < 4.78 is 13.1. The average molecular weight is 383 g/mol. The number of carbonyl (C=O) groups is 2. The van der Waals surface area contributed by atoms with Crippen LogP contribution in [0.15, 0.2) is 54.6 Å². The standard InChI is InChI=1S/C22H26FN3O2/c1-25(19-6-3-2-4-7-19)15-5-14-24-22(28)20-12-13-21(27)26(20)16-17-8-10-18(23)11-9-17/h2-4,6-11,20H,5,12-16H2,1H3,(H,24,28)/t20-/m0/s1. The van der Waals surface area contributed by atoms with Crippen LogP contribution in [0.3, 0.4) is 0 Å². The fraction of sp³-hybridized carbons (Fsp3) is 0.364. The van der Waals surface area contributed by atoms with Crippen molar-refractivity contribution in [2.75, 3.05) is 25.0 Å². The van der Waals surface area contributed by atoms with Gasteiger partial charge in [-0.25, -0.2) is 4.39 Å². The third kappa shape index (κ3) is 5.09. The van der Waals surface area contributed by atoms with Gasteiger partial charge in [0.2, 0.25) is 11.8 Å². The molecule has 148 valence electrons. The fourth-order valence-corrected chi connectivity index (χ4v) is 3.45. The van der Waals surface area contributed by atoms with E-state index in [0.717, 1.165) is 24.2 Å². The van der Waals surface area contributed by atoms with E-state index in [-0.39, 0.29) is 17.6 Å². The molecule has 1 fully saturated rings. The van der Waals surface area contributed by atoms with Crippen molar-refractivity contribution in [1.82, 2.24) is 10.2 Å². The van der Waals surface area contributed by atoms with E-state index in [2.05, 4.69) is 22.3 Å². The highest BCUT2D eigenvalue weighted by Crippen LogP contribution is 2.22. The first-order valence-electron chi connectivity index (χ1n) is 9.62.